The molecule has 3 heteroatoms. The van der Waals surface area contributed by atoms with Crippen molar-refractivity contribution in [1.29, 1.82) is 0 Å². The van der Waals surface area contributed by atoms with Crippen LogP contribution in [0.25, 0.3) is 21.5 Å². The van der Waals surface area contributed by atoms with Crippen molar-refractivity contribution in [3.05, 3.63) is 90.5 Å². The van der Waals surface area contributed by atoms with Gasteiger partial charge in [-0.3, -0.25) is 0 Å². The van der Waals surface area contributed by atoms with Crippen molar-refractivity contribution in [1.82, 2.24) is 0 Å². The lowest BCUT2D eigenvalue weighted by molar-refractivity contribution is 0.173. The van der Waals surface area contributed by atoms with E-state index in [1.54, 1.807) is 0 Å². The van der Waals surface area contributed by atoms with Gasteiger partial charge in [0.05, 0.1) is 0 Å². The molecule has 4 aromatic carbocycles. The highest BCUT2D eigenvalue weighted by Gasteiger charge is 2.48. The van der Waals surface area contributed by atoms with Crippen LogP contribution in [-0.4, -0.2) is 21.8 Å². The molecule has 0 heterocycles. The molecule has 0 fully saturated rings. The second-order valence-electron chi connectivity index (χ2n) is 8.18. The molecule has 0 amide bonds. The first-order valence-corrected chi connectivity index (χ1v) is 13.3. The van der Waals surface area contributed by atoms with Crippen LogP contribution in [0.5, 0.6) is 0 Å². The van der Waals surface area contributed by atoms with Crippen LogP contribution in [0.4, 0.5) is 0 Å². The lowest BCUT2D eigenvalue weighted by Crippen LogP contribution is -2.58. The molecular weight excluding hydrogens is 396 g/mol. The summed E-state index contributed by atoms with van der Waals surface area (Å²) < 4.78 is 13.7. The summed E-state index contributed by atoms with van der Waals surface area (Å²) in [6, 6.07) is 30.4. The Morgan fingerprint density at radius 1 is 0.645 bits per heavy atom. The number of fused-ring (bicyclic) bond motifs is 2. The van der Waals surface area contributed by atoms with E-state index in [-0.39, 0.29) is 5.54 Å². The first-order valence-electron chi connectivity index (χ1n) is 11.4. The molecule has 0 spiro atoms. The van der Waals surface area contributed by atoms with E-state index < -0.39 is 8.56 Å². The quantitative estimate of drug-likeness (QED) is 0.272. The summed E-state index contributed by atoms with van der Waals surface area (Å²) in [5.74, 6) is 0. The average molecular weight is 429 g/mol. The Balaban J connectivity index is 1.96. The van der Waals surface area contributed by atoms with E-state index in [1.807, 2.05) is 0 Å². The minimum Gasteiger partial charge on any atom is -0.391 e. The van der Waals surface area contributed by atoms with Gasteiger partial charge in [-0.25, -0.2) is 0 Å². The van der Waals surface area contributed by atoms with Crippen molar-refractivity contribution in [3.63, 3.8) is 0 Å². The molecule has 0 aliphatic rings. The highest BCUT2D eigenvalue weighted by Crippen LogP contribution is 2.35. The minimum absolute atomic E-state index is 0.141. The normalized spacial score (nSPS) is 13.0. The molecule has 160 valence electrons. The van der Waals surface area contributed by atoms with Gasteiger partial charge in [0, 0.05) is 23.9 Å². The SMILES string of the molecule is CCCO[Si](OCCC)(c1cccc2ccccc12)C(C)c1cccc2ccccc12. The van der Waals surface area contributed by atoms with Crippen molar-refractivity contribution in [2.75, 3.05) is 13.2 Å². The Bertz CT molecular complexity index is 1140. The van der Waals surface area contributed by atoms with Gasteiger partial charge in [-0.1, -0.05) is 106 Å². The van der Waals surface area contributed by atoms with Crippen LogP contribution < -0.4 is 5.19 Å². The molecule has 31 heavy (non-hydrogen) atoms. The zero-order valence-corrected chi connectivity index (χ0v) is 19.8. The zero-order valence-electron chi connectivity index (χ0n) is 18.8. The molecule has 1 unspecified atom stereocenters. The summed E-state index contributed by atoms with van der Waals surface area (Å²) in [5, 5.41) is 6.28. The number of hydrogen-bond donors (Lipinski definition) is 0. The molecule has 0 aliphatic carbocycles. The van der Waals surface area contributed by atoms with Gasteiger partial charge in [-0.05, 0) is 39.9 Å². The molecule has 4 rings (SSSR count). The topological polar surface area (TPSA) is 18.5 Å². The van der Waals surface area contributed by atoms with Crippen molar-refractivity contribution in [2.24, 2.45) is 0 Å². The van der Waals surface area contributed by atoms with Crippen LogP contribution in [0.2, 0.25) is 0 Å². The average Bonchev–Trinajstić information content (AvgIpc) is 2.83. The van der Waals surface area contributed by atoms with Gasteiger partial charge < -0.3 is 8.85 Å². The van der Waals surface area contributed by atoms with E-state index in [1.165, 1.54) is 32.3 Å². The minimum atomic E-state index is -2.84. The second-order valence-corrected chi connectivity index (χ2v) is 11.5. The number of benzene rings is 4. The van der Waals surface area contributed by atoms with Gasteiger partial charge in [0.15, 0.2) is 0 Å². The van der Waals surface area contributed by atoms with E-state index in [0.717, 1.165) is 12.8 Å². The Morgan fingerprint density at radius 3 is 1.81 bits per heavy atom. The van der Waals surface area contributed by atoms with Crippen LogP contribution in [-0.2, 0) is 8.85 Å². The van der Waals surface area contributed by atoms with Crippen LogP contribution in [0.15, 0.2) is 84.9 Å². The van der Waals surface area contributed by atoms with Crippen molar-refractivity contribution in [3.8, 4) is 0 Å². The van der Waals surface area contributed by atoms with Crippen LogP contribution in [0, 0.1) is 0 Å². The van der Waals surface area contributed by atoms with Gasteiger partial charge >= 0.3 is 8.56 Å². The monoisotopic (exact) mass is 428 g/mol. The third kappa shape index (κ3) is 4.18. The molecule has 0 saturated heterocycles. The molecule has 0 aliphatic heterocycles. The van der Waals surface area contributed by atoms with Gasteiger partial charge in [-0.15, -0.1) is 0 Å². The summed E-state index contributed by atoms with van der Waals surface area (Å²) in [7, 11) is -2.84. The predicted molar refractivity (Wildman–Crippen MR) is 134 cm³/mol. The van der Waals surface area contributed by atoms with Crippen LogP contribution in [0.1, 0.15) is 44.7 Å². The summed E-state index contributed by atoms with van der Waals surface area (Å²) in [5.41, 5.74) is 1.45. The molecule has 0 aromatic heterocycles. The zero-order chi connectivity index (χ0) is 21.7. The Morgan fingerprint density at radius 2 is 1.16 bits per heavy atom. The highest BCUT2D eigenvalue weighted by molar-refractivity contribution is 6.84. The van der Waals surface area contributed by atoms with E-state index in [9.17, 15) is 0 Å². The summed E-state index contributed by atoms with van der Waals surface area (Å²) >= 11 is 0. The largest absolute Gasteiger partial charge is 0.391 e. The van der Waals surface area contributed by atoms with Gasteiger partial charge in [0.1, 0.15) is 0 Å². The maximum absolute atomic E-state index is 6.86. The van der Waals surface area contributed by atoms with E-state index in [2.05, 4.69) is 106 Å². The predicted octanol–water partition coefficient (Wildman–Crippen LogP) is 6.84. The highest BCUT2D eigenvalue weighted by atomic mass is 28.4. The molecule has 1 atom stereocenters. The van der Waals surface area contributed by atoms with Crippen molar-refractivity contribution < 1.29 is 8.85 Å². The van der Waals surface area contributed by atoms with Gasteiger partial charge in [-0.2, -0.15) is 0 Å². The molecule has 2 nitrogen and oxygen atoms in total. The molecule has 0 bridgehead atoms. The third-order valence-electron chi connectivity index (χ3n) is 6.07. The maximum Gasteiger partial charge on any atom is 0.380 e. The second kappa shape index (κ2) is 9.78. The lowest BCUT2D eigenvalue weighted by Gasteiger charge is -2.37. The molecule has 0 radical (unpaired) electrons. The molecule has 0 N–H and O–H groups in total. The van der Waals surface area contributed by atoms with Crippen molar-refractivity contribution >= 4 is 35.3 Å². The standard InChI is InChI=1S/C28H32O2Si/c1-4-20-29-31(30-21-5-2,28-19-11-15-24-13-7-9-17-27(24)28)22(3)25-18-10-14-23-12-6-8-16-26(23)25/h6-19,22H,4-5,20-21H2,1-3H3. The Kier molecular flexibility index (Phi) is 6.86. The van der Waals surface area contributed by atoms with Crippen LogP contribution in [0.3, 0.4) is 0 Å². The molecule has 0 saturated carbocycles. The number of rotatable bonds is 9. The summed E-state index contributed by atoms with van der Waals surface area (Å²) in [6.45, 7) is 8.05. The van der Waals surface area contributed by atoms with Crippen LogP contribution >= 0.6 is 0 Å². The molecule has 4 aromatic rings. The Hall–Kier alpha value is -2.46. The maximum atomic E-state index is 6.86. The first kappa shape index (κ1) is 21.8. The fourth-order valence-electron chi connectivity index (χ4n) is 4.55. The fourth-order valence-corrected chi connectivity index (χ4v) is 8.52. The van der Waals surface area contributed by atoms with Gasteiger partial charge in [0.25, 0.3) is 0 Å². The molecular formula is C28H32O2Si. The first-order chi connectivity index (χ1) is 15.2. The van der Waals surface area contributed by atoms with Crippen molar-refractivity contribution in [2.45, 2.75) is 39.2 Å². The lowest BCUT2D eigenvalue weighted by atomic mass is 10.0. The summed E-state index contributed by atoms with van der Waals surface area (Å²) in [4.78, 5) is 0. The van der Waals surface area contributed by atoms with Gasteiger partial charge in [0.2, 0.25) is 0 Å². The van der Waals surface area contributed by atoms with E-state index in [0.29, 0.717) is 13.2 Å². The third-order valence-corrected chi connectivity index (χ3v) is 9.97. The smallest absolute Gasteiger partial charge is 0.380 e. The Labute approximate surface area is 187 Å². The number of hydrogen-bond acceptors (Lipinski definition) is 2. The summed E-state index contributed by atoms with van der Waals surface area (Å²) in [6.07, 6.45) is 1.94. The van der Waals surface area contributed by atoms with E-state index >= 15 is 0 Å². The fraction of sp³-hybridized carbons (Fsp3) is 0.286. The van der Waals surface area contributed by atoms with E-state index in [4.69, 9.17) is 8.85 Å².